The van der Waals surface area contributed by atoms with Crippen molar-refractivity contribution in [1.82, 2.24) is 0 Å². The minimum absolute atomic E-state index is 0.238. The van der Waals surface area contributed by atoms with E-state index in [4.69, 9.17) is 4.74 Å². The summed E-state index contributed by atoms with van der Waals surface area (Å²) in [6.45, 7) is 10.2. The van der Waals surface area contributed by atoms with Crippen LogP contribution in [0.1, 0.15) is 54.2 Å². The number of benzene rings is 2. The first-order valence-electron chi connectivity index (χ1n) is 8.90. The van der Waals surface area contributed by atoms with Gasteiger partial charge in [-0.2, -0.15) is 0 Å². The van der Waals surface area contributed by atoms with Gasteiger partial charge in [0.1, 0.15) is 6.10 Å². The highest BCUT2D eigenvalue weighted by atomic mass is 79.9. The molecular formula is C22H27BrO3. The Morgan fingerprint density at radius 1 is 1.08 bits per heavy atom. The van der Waals surface area contributed by atoms with E-state index in [2.05, 4.69) is 48.8 Å². The Kier molecular flexibility index (Phi) is 7.01. The van der Waals surface area contributed by atoms with Crippen molar-refractivity contribution in [2.45, 2.75) is 53.2 Å². The summed E-state index contributed by atoms with van der Waals surface area (Å²) in [5, 5.41) is 9.66. The van der Waals surface area contributed by atoms with Crippen LogP contribution in [-0.4, -0.2) is 17.2 Å². The number of carboxylic acid groups (broad SMARTS) is 1. The molecule has 26 heavy (non-hydrogen) atoms. The Morgan fingerprint density at radius 2 is 1.62 bits per heavy atom. The van der Waals surface area contributed by atoms with Crippen LogP contribution in [0.2, 0.25) is 0 Å². The third kappa shape index (κ3) is 5.18. The van der Waals surface area contributed by atoms with E-state index in [1.54, 1.807) is 0 Å². The molecule has 0 saturated heterocycles. The van der Waals surface area contributed by atoms with Crippen LogP contribution < -0.4 is 0 Å². The van der Waals surface area contributed by atoms with Gasteiger partial charge >= 0.3 is 5.97 Å². The second-order valence-corrected chi connectivity index (χ2v) is 8.25. The molecule has 140 valence electrons. The second kappa shape index (κ2) is 8.83. The molecule has 2 aromatic carbocycles. The van der Waals surface area contributed by atoms with Crippen molar-refractivity contribution in [3.8, 4) is 0 Å². The van der Waals surface area contributed by atoms with E-state index in [0.29, 0.717) is 6.42 Å². The maximum Gasteiger partial charge on any atom is 0.332 e. The van der Waals surface area contributed by atoms with Gasteiger partial charge in [0.15, 0.2) is 6.10 Å². The van der Waals surface area contributed by atoms with Crippen LogP contribution in [0.25, 0.3) is 0 Å². The molecule has 3 nitrogen and oxygen atoms in total. The highest BCUT2D eigenvalue weighted by molar-refractivity contribution is 9.10. The third-order valence-corrected chi connectivity index (χ3v) is 4.96. The van der Waals surface area contributed by atoms with Gasteiger partial charge in [-0.25, -0.2) is 4.79 Å². The first-order valence-corrected chi connectivity index (χ1v) is 9.69. The predicted molar refractivity (Wildman–Crippen MR) is 109 cm³/mol. The number of carbonyl (C=O) groups is 1. The first kappa shape index (κ1) is 20.7. The number of hydrogen-bond acceptors (Lipinski definition) is 2. The average molecular weight is 419 g/mol. The lowest BCUT2D eigenvalue weighted by atomic mass is 9.91. The van der Waals surface area contributed by atoms with E-state index in [1.165, 1.54) is 5.56 Å². The fraction of sp³-hybridized carbons (Fsp3) is 0.409. The third-order valence-electron chi connectivity index (χ3n) is 4.43. The van der Waals surface area contributed by atoms with E-state index in [-0.39, 0.29) is 5.92 Å². The van der Waals surface area contributed by atoms with Gasteiger partial charge in [-0.05, 0) is 67.5 Å². The van der Waals surface area contributed by atoms with Crippen LogP contribution >= 0.6 is 15.9 Å². The minimum atomic E-state index is -0.914. The highest BCUT2D eigenvalue weighted by Crippen LogP contribution is 2.34. The van der Waals surface area contributed by atoms with Crippen LogP contribution in [0, 0.1) is 26.7 Å². The normalized spacial score (nSPS) is 13.7. The van der Waals surface area contributed by atoms with Crippen molar-refractivity contribution >= 4 is 21.9 Å². The molecule has 0 bridgehead atoms. The molecule has 0 aromatic heterocycles. The molecule has 1 unspecified atom stereocenters. The van der Waals surface area contributed by atoms with Gasteiger partial charge in [-0.3, -0.25) is 0 Å². The number of aliphatic carboxylic acids is 1. The Hall–Kier alpha value is -1.65. The number of aryl methyl sites for hydroxylation is 3. The van der Waals surface area contributed by atoms with E-state index in [1.807, 2.05) is 38.1 Å². The zero-order valence-corrected chi connectivity index (χ0v) is 17.6. The smallest absolute Gasteiger partial charge is 0.332 e. The van der Waals surface area contributed by atoms with Crippen LogP contribution in [0.4, 0.5) is 0 Å². The van der Waals surface area contributed by atoms with Crippen LogP contribution in [0.15, 0.2) is 40.9 Å². The monoisotopic (exact) mass is 418 g/mol. The highest BCUT2D eigenvalue weighted by Gasteiger charge is 2.28. The standard InChI is InChI=1S/C22H27BrO3/c1-13(2)10-19(22(24)25)26-21(17-6-8-18(23)9-7-17)20-15(4)11-14(3)12-16(20)5/h6-9,11-13,19,21H,10H2,1-5H3,(H,24,25)/t19-,21?/m0/s1. The number of carboxylic acids is 1. The summed E-state index contributed by atoms with van der Waals surface area (Å²) >= 11 is 3.46. The van der Waals surface area contributed by atoms with E-state index >= 15 is 0 Å². The summed E-state index contributed by atoms with van der Waals surface area (Å²) in [4.78, 5) is 11.8. The molecule has 2 atom stereocenters. The predicted octanol–water partition coefficient (Wildman–Crippen LogP) is 5.98. The molecule has 0 fully saturated rings. The van der Waals surface area contributed by atoms with E-state index < -0.39 is 18.2 Å². The summed E-state index contributed by atoms with van der Waals surface area (Å²) in [6, 6.07) is 12.1. The summed E-state index contributed by atoms with van der Waals surface area (Å²) < 4.78 is 7.20. The Morgan fingerprint density at radius 3 is 2.08 bits per heavy atom. The lowest BCUT2D eigenvalue weighted by Gasteiger charge is -2.27. The molecule has 0 aliphatic carbocycles. The van der Waals surface area contributed by atoms with Crippen LogP contribution in [-0.2, 0) is 9.53 Å². The lowest BCUT2D eigenvalue weighted by molar-refractivity contribution is -0.154. The molecule has 0 spiro atoms. The molecular weight excluding hydrogens is 392 g/mol. The maximum atomic E-state index is 11.8. The zero-order chi connectivity index (χ0) is 19.4. The SMILES string of the molecule is Cc1cc(C)c(C(O[C@@H](CC(C)C)C(=O)O)c2ccc(Br)cc2)c(C)c1. The van der Waals surface area contributed by atoms with Gasteiger partial charge in [0.25, 0.3) is 0 Å². The fourth-order valence-corrected chi connectivity index (χ4v) is 3.63. The molecule has 0 saturated carbocycles. The fourth-order valence-electron chi connectivity index (χ4n) is 3.36. The van der Waals surface area contributed by atoms with Crippen molar-refractivity contribution < 1.29 is 14.6 Å². The zero-order valence-electron chi connectivity index (χ0n) is 16.0. The van der Waals surface area contributed by atoms with E-state index in [0.717, 1.165) is 26.7 Å². The van der Waals surface area contributed by atoms with Gasteiger partial charge in [-0.1, -0.05) is 59.6 Å². The Labute approximate surface area is 164 Å². The number of ether oxygens (including phenoxy) is 1. The number of hydrogen-bond donors (Lipinski definition) is 1. The average Bonchev–Trinajstić information content (AvgIpc) is 2.52. The molecule has 2 aromatic rings. The van der Waals surface area contributed by atoms with Gasteiger partial charge in [0.2, 0.25) is 0 Å². The van der Waals surface area contributed by atoms with Gasteiger partial charge < -0.3 is 9.84 Å². The molecule has 1 N–H and O–H groups in total. The molecule has 2 rings (SSSR count). The number of rotatable bonds is 7. The topological polar surface area (TPSA) is 46.5 Å². The lowest BCUT2D eigenvalue weighted by Crippen LogP contribution is -2.28. The van der Waals surface area contributed by atoms with Crippen molar-refractivity contribution in [1.29, 1.82) is 0 Å². The quantitative estimate of drug-likeness (QED) is 0.601. The molecule has 4 heteroatoms. The molecule has 0 aliphatic heterocycles. The second-order valence-electron chi connectivity index (χ2n) is 7.34. The summed E-state index contributed by atoms with van der Waals surface area (Å²) in [7, 11) is 0. The summed E-state index contributed by atoms with van der Waals surface area (Å²) in [5.41, 5.74) is 5.43. The van der Waals surface area contributed by atoms with Gasteiger partial charge in [-0.15, -0.1) is 0 Å². The van der Waals surface area contributed by atoms with Crippen molar-refractivity contribution in [3.05, 3.63) is 68.7 Å². The number of halogens is 1. The first-order chi connectivity index (χ1) is 12.2. The van der Waals surface area contributed by atoms with Crippen molar-refractivity contribution in [3.63, 3.8) is 0 Å². The van der Waals surface area contributed by atoms with Crippen LogP contribution in [0.5, 0.6) is 0 Å². The minimum Gasteiger partial charge on any atom is -0.479 e. The Balaban J connectivity index is 2.52. The van der Waals surface area contributed by atoms with Crippen molar-refractivity contribution in [2.75, 3.05) is 0 Å². The van der Waals surface area contributed by atoms with Gasteiger partial charge in [0.05, 0.1) is 0 Å². The van der Waals surface area contributed by atoms with E-state index in [9.17, 15) is 9.90 Å². The molecule has 0 heterocycles. The Bertz CT molecular complexity index is 742. The molecule has 0 radical (unpaired) electrons. The van der Waals surface area contributed by atoms with Gasteiger partial charge in [0, 0.05) is 4.47 Å². The molecule has 0 aliphatic rings. The summed E-state index contributed by atoms with van der Waals surface area (Å²) in [6.07, 6.45) is -0.779. The van der Waals surface area contributed by atoms with Crippen LogP contribution in [0.3, 0.4) is 0 Å². The largest absolute Gasteiger partial charge is 0.479 e. The molecule has 0 amide bonds. The van der Waals surface area contributed by atoms with Crippen molar-refractivity contribution in [2.24, 2.45) is 5.92 Å². The maximum absolute atomic E-state index is 11.8. The summed E-state index contributed by atoms with van der Waals surface area (Å²) in [5.74, 6) is -0.676.